The number of nitrogens with one attached hydrogen (secondary N) is 1. The molecule has 7 heteroatoms. The predicted molar refractivity (Wildman–Crippen MR) is 137 cm³/mol. The molecule has 0 radical (unpaired) electrons. The van der Waals surface area contributed by atoms with Crippen molar-refractivity contribution in [2.24, 2.45) is 22.1 Å². The van der Waals surface area contributed by atoms with Crippen molar-refractivity contribution in [3.8, 4) is 0 Å². The second kappa shape index (κ2) is 9.80. The molecule has 4 rings (SSSR count). The Morgan fingerprint density at radius 1 is 1.23 bits per heavy atom. The Kier molecular flexibility index (Phi) is 6.80. The zero-order valence-corrected chi connectivity index (χ0v) is 20.1. The summed E-state index contributed by atoms with van der Waals surface area (Å²) < 4.78 is 4.79. The largest absolute Gasteiger partial charge is 0.468 e. The van der Waals surface area contributed by atoms with Crippen LogP contribution in [0, 0.1) is 11.3 Å². The highest BCUT2D eigenvalue weighted by atomic mass is 16.5. The van der Waals surface area contributed by atoms with E-state index < -0.39 is 28.9 Å². The number of hydrogen-bond acceptors (Lipinski definition) is 6. The first-order valence-electron chi connectivity index (χ1n) is 11.5. The third kappa shape index (κ3) is 4.72. The number of carbonyl (C=O) groups excluding carboxylic acids is 2. The van der Waals surface area contributed by atoms with E-state index >= 15 is 0 Å². The van der Waals surface area contributed by atoms with E-state index in [0.717, 1.165) is 22.0 Å². The number of nitrogens with two attached hydrogens (primary N) is 1. The van der Waals surface area contributed by atoms with Gasteiger partial charge in [0.1, 0.15) is 17.4 Å². The number of esters is 1. The van der Waals surface area contributed by atoms with E-state index in [1.165, 1.54) is 7.11 Å². The molecule has 35 heavy (non-hydrogen) atoms. The minimum absolute atomic E-state index is 0.0628. The van der Waals surface area contributed by atoms with Crippen LogP contribution in [0.15, 0.2) is 84.3 Å². The van der Waals surface area contributed by atoms with Crippen molar-refractivity contribution < 1.29 is 14.3 Å². The van der Waals surface area contributed by atoms with Gasteiger partial charge >= 0.3 is 5.97 Å². The molecule has 1 heterocycles. The number of fused-ring (bicyclic) bond motifs is 1. The smallest absolute Gasteiger partial charge is 0.322 e. The first kappa shape index (κ1) is 24.3. The standard InChI is InChI=1S/C28H30N4O3/c1-27(2,15-24(29)26(34)35-3)25(33)23-12-6-7-14-28(23,32-17-20-16-30-18-31-20)22-13-8-10-19-9-4-5-11-21(19)22/h4-14,16-18,23-24H,15,29H2,1-3H3,(H,30,31). The molecule has 0 saturated heterocycles. The number of imidazole rings is 1. The number of aromatic nitrogens is 2. The number of ketones is 1. The van der Waals surface area contributed by atoms with Crippen LogP contribution in [-0.4, -0.2) is 41.1 Å². The minimum atomic E-state index is -1.01. The number of ether oxygens (including phenoxy) is 1. The summed E-state index contributed by atoms with van der Waals surface area (Å²) in [6.07, 6.45) is 12.8. The Hall–Kier alpha value is -3.84. The van der Waals surface area contributed by atoms with E-state index in [2.05, 4.69) is 9.97 Å². The maximum Gasteiger partial charge on any atom is 0.322 e. The molecule has 3 atom stereocenters. The average Bonchev–Trinajstić information content (AvgIpc) is 3.40. The van der Waals surface area contributed by atoms with Crippen LogP contribution in [0.4, 0.5) is 0 Å². The fourth-order valence-corrected chi connectivity index (χ4v) is 4.76. The molecule has 0 fully saturated rings. The molecule has 0 amide bonds. The molecular weight excluding hydrogens is 440 g/mol. The van der Waals surface area contributed by atoms with Crippen LogP contribution in [0.2, 0.25) is 0 Å². The van der Waals surface area contributed by atoms with Gasteiger partial charge < -0.3 is 15.5 Å². The van der Waals surface area contributed by atoms with Gasteiger partial charge in [0.25, 0.3) is 0 Å². The Morgan fingerprint density at radius 2 is 2.00 bits per heavy atom. The zero-order chi connectivity index (χ0) is 25.1. The Balaban J connectivity index is 1.86. The molecule has 3 aromatic rings. The Bertz CT molecular complexity index is 1300. The van der Waals surface area contributed by atoms with Gasteiger partial charge in [-0.05, 0) is 22.8 Å². The average molecular weight is 471 g/mol. The van der Waals surface area contributed by atoms with Crippen molar-refractivity contribution in [3.05, 3.63) is 90.6 Å². The van der Waals surface area contributed by atoms with Gasteiger partial charge in [-0.2, -0.15) is 0 Å². The fourth-order valence-electron chi connectivity index (χ4n) is 4.76. The van der Waals surface area contributed by atoms with Gasteiger partial charge in [0.15, 0.2) is 0 Å². The van der Waals surface area contributed by atoms with Crippen LogP contribution in [0.3, 0.4) is 0 Å². The summed E-state index contributed by atoms with van der Waals surface area (Å²) in [7, 11) is 1.29. The van der Waals surface area contributed by atoms with Crippen molar-refractivity contribution in [3.63, 3.8) is 0 Å². The lowest BCUT2D eigenvalue weighted by Gasteiger charge is -2.39. The molecule has 1 aliphatic rings. The number of nitrogens with zero attached hydrogens (tertiary/aromatic N) is 2. The van der Waals surface area contributed by atoms with Crippen molar-refractivity contribution in [2.45, 2.75) is 31.8 Å². The van der Waals surface area contributed by atoms with Crippen LogP contribution in [0.1, 0.15) is 31.5 Å². The zero-order valence-electron chi connectivity index (χ0n) is 20.1. The second-order valence-corrected chi connectivity index (χ2v) is 9.42. The summed E-state index contributed by atoms with van der Waals surface area (Å²) in [5, 5.41) is 2.07. The summed E-state index contributed by atoms with van der Waals surface area (Å²) in [5.41, 5.74) is 5.78. The Morgan fingerprint density at radius 3 is 2.74 bits per heavy atom. The SMILES string of the molecule is COC(=O)C(N)CC(C)(C)C(=O)C1C=CC=CC1(N=Cc1cnc[nH]1)c1cccc2ccccc12. The summed E-state index contributed by atoms with van der Waals surface area (Å²) in [6.45, 7) is 3.63. The third-order valence-electron chi connectivity index (χ3n) is 6.58. The number of H-pyrrole nitrogens is 1. The summed E-state index contributed by atoms with van der Waals surface area (Å²) in [5.74, 6) is -1.23. The van der Waals surface area contributed by atoms with E-state index in [4.69, 9.17) is 15.5 Å². The molecule has 180 valence electrons. The predicted octanol–water partition coefficient (Wildman–Crippen LogP) is 4.11. The van der Waals surface area contributed by atoms with Crippen LogP contribution in [-0.2, 0) is 19.9 Å². The lowest BCUT2D eigenvalue weighted by Crippen LogP contribution is -2.46. The van der Waals surface area contributed by atoms with Crippen LogP contribution >= 0.6 is 0 Å². The second-order valence-electron chi connectivity index (χ2n) is 9.42. The first-order valence-corrected chi connectivity index (χ1v) is 11.5. The van der Waals surface area contributed by atoms with Crippen molar-refractivity contribution in [1.29, 1.82) is 0 Å². The summed E-state index contributed by atoms with van der Waals surface area (Å²) in [4.78, 5) is 38.3. The molecule has 0 bridgehead atoms. The number of Topliss-reactive ketones (excluding diaryl/α,β-unsaturated/α-hetero) is 1. The first-order chi connectivity index (χ1) is 16.8. The van der Waals surface area contributed by atoms with Gasteiger partial charge in [-0.1, -0.05) is 80.6 Å². The maximum absolute atomic E-state index is 14.2. The lowest BCUT2D eigenvalue weighted by molar-refractivity contribution is -0.143. The normalized spacial score (nSPS) is 20.9. The van der Waals surface area contributed by atoms with Crippen molar-refractivity contribution >= 4 is 28.7 Å². The highest BCUT2D eigenvalue weighted by Crippen LogP contribution is 2.45. The molecule has 7 nitrogen and oxygen atoms in total. The van der Waals surface area contributed by atoms with E-state index in [1.807, 2.05) is 80.6 Å². The molecule has 0 saturated carbocycles. The quantitative estimate of drug-likeness (QED) is 0.380. The van der Waals surface area contributed by atoms with Crippen LogP contribution in [0.25, 0.3) is 10.8 Å². The molecule has 2 aromatic carbocycles. The van der Waals surface area contributed by atoms with E-state index in [0.29, 0.717) is 0 Å². The molecule has 3 N–H and O–H groups in total. The van der Waals surface area contributed by atoms with Gasteiger partial charge in [0.05, 0.1) is 31.2 Å². The van der Waals surface area contributed by atoms with Crippen molar-refractivity contribution in [1.82, 2.24) is 9.97 Å². The number of allylic oxidation sites excluding steroid dienone is 2. The molecular formula is C28H30N4O3. The number of benzene rings is 2. The molecule has 0 spiro atoms. The molecule has 3 unspecified atom stereocenters. The van der Waals surface area contributed by atoms with E-state index in [9.17, 15) is 9.59 Å². The molecule has 1 aromatic heterocycles. The van der Waals surface area contributed by atoms with Gasteiger partial charge in [-0.3, -0.25) is 14.6 Å². The van der Waals surface area contributed by atoms with Crippen LogP contribution in [0.5, 0.6) is 0 Å². The van der Waals surface area contributed by atoms with Crippen molar-refractivity contribution in [2.75, 3.05) is 7.11 Å². The van der Waals surface area contributed by atoms with Crippen LogP contribution < -0.4 is 5.73 Å². The number of aliphatic imine (C=N–C) groups is 1. The molecule has 1 aliphatic carbocycles. The number of carbonyl (C=O) groups is 2. The molecule has 0 aliphatic heterocycles. The number of aromatic amines is 1. The van der Waals surface area contributed by atoms with Gasteiger partial charge in [-0.25, -0.2) is 4.98 Å². The number of methoxy groups -OCH3 is 1. The summed E-state index contributed by atoms with van der Waals surface area (Å²) in [6, 6.07) is 13.2. The minimum Gasteiger partial charge on any atom is -0.468 e. The lowest BCUT2D eigenvalue weighted by atomic mass is 9.66. The van der Waals surface area contributed by atoms with E-state index in [1.54, 1.807) is 18.7 Å². The highest BCUT2D eigenvalue weighted by Gasteiger charge is 2.47. The monoisotopic (exact) mass is 470 g/mol. The van der Waals surface area contributed by atoms with Gasteiger partial charge in [0.2, 0.25) is 0 Å². The van der Waals surface area contributed by atoms with E-state index in [-0.39, 0.29) is 12.2 Å². The van der Waals surface area contributed by atoms with Gasteiger partial charge in [-0.15, -0.1) is 0 Å². The topological polar surface area (TPSA) is 110 Å². The number of hydrogen-bond donors (Lipinski definition) is 2. The summed E-state index contributed by atoms with van der Waals surface area (Å²) >= 11 is 0. The fraction of sp³-hybridized carbons (Fsp3) is 0.286. The maximum atomic E-state index is 14.2. The Labute approximate surface area is 204 Å². The van der Waals surface area contributed by atoms with Gasteiger partial charge in [0, 0.05) is 11.6 Å². The number of rotatable bonds is 8. The highest BCUT2D eigenvalue weighted by molar-refractivity contribution is 5.94. The third-order valence-corrected chi connectivity index (χ3v) is 6.58.